The second-order valence-electron chi connectivity index (χ2n) is 7.75. The summed E-state index contributed by atoms with van der Waals surface area (Å²) in [6.45, 7) is 3.98. The van der Waals surface area contributed by atoms with E-state index in [-0.39, 0.29) is 36.7 Å². The number of ketones is 1. The predicted molar refractivity (Wildman–Crippen MR) is 123 cm³/mol. The summed E-state index contributed by atoms with van der Waals surface area (Å²) < 4.78 is 0. The first kappa shape index (κ1) is 29.3. The second kappa shape index (κ2) is 16.9. The number of amides is 3. The molecule has 0 rings (SSSR count). The molecule has 0 heterocycles. The SMILES string of the molecule is CNC(CCCN=C(N)N)C(=O)NCC(=O)NC(CCCCN)C(=O)NCC(=O)C(C)C. The highest BCUT2D eigenvalue weighted by Gasteiger charge is 2.22. The molecule has 12 heteroatoms. The Balaban J connectivity index is 4.67. The number of hydrogen-bond acceptors (Lipinski definition) is 7. The second-order valence-corrected chi connectivity index (χ2v) is 7.75. The maximum Gasteiger partial charge on any atom is 0.242 e. The Labute approximate surface area is 189 Å². The molecule has 0 aliphatic rings. The molecule has 10 N–H and O–H groups in total. The van der Waals surface area contributed by atoms with Crippen molar-refractivity contribution in [1.29, 1.82) is 0 Å². The van der Waals surface area contributed by atoms with Crippen LogP contribution in [0.15, 0.2) is 4.99 Å². The van der Waals surface area contributed by atoms with E-state index in [9.17, 15) is 19.2 Å². The van der Waals surface area contributed by atoms with E-state index in [2.05, 4.69) is 26.3 Å². The Morgan fingerprint density at radius 2 is 1.47 bits per heavy atom. The Kier molecular flexibility index (Phi) is 15.5. The highest BCUT2D eigenvalue weighted by molar-refractivity contribution is 5.93. The zero-order valence-electron chi connectivity index (χ0n) is 19.4. The summed E-state index contributed by atoms with van der Waals surface area (Å²) >= 11 is 0. The summed E-state index contributed by atoms with van der Waals surface area (Å²) in [6, 6.07) is -1.33. The summed E-state index contributed by atoms with van der Waals surface area (Å²) in [6.07, 6.45) is 2.78. The van der Waals surface area contributed by atoms with Crippen molar-refractivity contribution in [3.05, 3.63) is 0 Å². The minimum atomic E-state index is -0.814. The van der Waals surface area contributed by atoms with Crippen LogP contribution in [0.4, 0.5) is 0 Å². The summed E-state index contributed by atoms with van der Waals surface area (Å²) in [5.74, 6) is -1.60. The molecule has 0 radical (unpaired) electrons. The maximum atomic E-state index is 12.5. The van der Waals surface area contributed by atoms with E-state index < -0.39 is 23.9 Å². The van der Waals surface area contributed by atoms with E-state index in [1.165, 1.54) is 0 Å². The van der Waals surface area contributed by atoms with Crippen LogP contribution in [-0.4, -0.2) is 74.8 Å². The molecule has 2 atom stereocenters. The van der Waals surface area contributed by atoms with E-state index in [4.69, 9.17) is 17.2 Å². The number of rotatable bonds is 17. The molecular formula is C20H40N8O4. The van der Waals surface area contributed by atoms with Crippen molar-refractivity contribution in [2.45, 2.75) is 58.0 Å². The van der Waals surface area contributed by atoms with Crippen LogP contribution in [0, 0.1) is 5.92 Å². The minimum Gasteiger partial charge on any atom is -0.370 e. The lowest BCUT2D eigenvalue weighted by Crippen LogP contribution is -2.52. The average Bonchev–Trinajstić information content (AvgIpc) is 2.74. The number of unbranched alkanes of at least 4 members (excludes halogenated alkanes) is 1. The first-order valence-corrected chi connectivity index (χ1v) is 10.9. The molecule has 0 saturated heterocycles. The Hall–Kier alpha value is -2.73. The van der Waals surface area contributed by atoms with Crippen molar-refractivity contribution in [2.24, 2.45) is 28.1 Å². The molecule has 0 aromatic heterocycles. The molecule has 0 spiro atoms. The number of nitrogens with zero attached hydrogens (tertiary/aromatic N) is 1. The van der Waals surface area contributed by atoms with Gasteiger partial charge in [-0.1, -0.05) is 13.8 Å². The normalized spacial score (nSPS) is 12.5. The van der Waals surface area contributed by atoms with Crippen LogP contribution in [0.1, 0.15) is 46.0 Å². The number of carbonyl (C=O) groups is 4. The fraction of sp³-hybridized carbons (Fsp3) is 0.750. The monoisotopic (exact) mass is 456 g/mol. The smallest absolute Gasteiger partial charge is 0.242 e. The third-order valence-electron chi connectivity index (χ3n) is 4.71. The molecule has 0 aliphatic heterocycles. The first-order chi connectivity index (χ1) is 15.1. The van der Waals surface area contributed by atoms with Gasteiger partial charge in [0.2, 0.25) is 17.7 Å². The third kappa shape index (κ3) is 13.5. The molecule has 32 heavy (non-hydrogen) atoms. The number of hydrogen-bond donors (Lipinski definition) is 7. The lowest BCUT2D eigenvalue weighted by atomic mass is 10.1. The van der Waals surface area contributed by atoms with E-state index in [0.717, 1.165) is 0 Å². The van der Waals surface area contributed by atoms with Gasteiger partial charge in [-0.05, 0) is 45.7 Å². The minimum absolute atomic E-state index is 0.00856. The van der Waals surface area contributed by atoms with Crippen LogP contribution in [-0.2, 0) is 19.2 Å². The van der Waals surface area contributed by atoms with Crippen LogP contribution in [0.25, 0.3) is 0 Å². The number of guanidine groups is 1. The lowest BCUT2D eigenvalue weighted by molar-refractivity contribution is -0.131. The number of nitrogens with two attached hydrogens (primary N) is 3. The fourth-order valence-electron chi connectivity index (χ4n) is 2.71. The summed E-state index contributed by atoms with van der Waals surface area (Å²) in [4.78, 5) is 52.7. The largest absolute Gasteiger partial charge is 0.370 e. The van der Waals surface area contributed by atoms with Crippen molar-refractivity contribution >= 4 is 29.5 Å². The summed E-state index contributed by atoms with van der Waals surface area (Å²) in [5, 5.41) is 10.6. The van der Waals surface area contributed by atoms with Crippen molar-refractivity contribution in [3.63, 3.8) is 0 Å². The maximum absolute atomic E-state index is 12.5. The van der Waals surface area contributed by atoms with Crippen LogP contribution in [0.2, 0.25) is 0 Å². The van der Waals surface area contributed by atoms with Gasteiger partial charge in [0.25, 0.3) is 0 Å². The Morgan fingerprint density at radius 3 is 2.03 bits per heavy atom. The highest BCUT2D eigenvalue weighted by Crippen LogP contribution is 2.02. The highest BCUT2D eigenvalue weighted by atomic mass is 16.2. The van der Waals surface area contributed by atoms with Gasteiger partial charge < -0.3 is 38.5 Å². The number of likely N-dealkylation sites (N-methyl/N-ethyl adjacent to an activating group) is 1. The van der Waals surface area contributed by atoms with Crippen molar-refractivity contribution in [1.82, 2.24) is 21.3 Å². The van der Waals surface area contributed by atoms with Gasteiger partial charge in [0, 0.05) is 12.5 Å². The summed E-state index contributed by atoms with van der Waals surface area (Å²) in [7, 11) is 1.64. The van der Waals surface area contributed by atoms with Gasteiger partial charge in [-0.2, -0.15) is 0 Å². The molecule has 12 nitrogen and oxygen atoms in total. The van der Waals surface area contributed by atoms with Crippen LogP contribution >= 0.6 is 0 Å². The van der Waals surface area contributed by atoms with Crippen molar-refractivity contribution in [2.75, 3.05) is 33.2 Å². The fourth-order valence-corrected chi connectivity index (χ4v) is 2.71. The van der Waals surface area contributed by atoms with E-state index in [1.807, 2.05) is 0 Å². The molecule has 2 unspecified atom stereocenters. The van der Waals surface area contributed by atoms with Gasteiger partial charge in [-0.3, -0.25) is 24.2 Å². The van der Waals surface area contributed by atoms with Gasteiger partial charge >= 0.3 is 0 Å². The lowest BCUT2D eigenvalue weighted by Gasteiger charge is -2.20. The Morgan fingerprint density at radius 1 is 0.875 bits per heavy atom. The van der Waals surface area contributed by atoms with Crippen molar-refractivity contribution in [3.8, 4) is 0 Å². The molecule has 0 aromatic rings. The Bertz CT molecular complexity index is 635. The molecule has 184 valence electrons. The molecular weight excluding hydrogens is 416 g/mol. The van der Waals surface area contributed by atoms with Crippen LogP contribution in [0.3, 0.4) is 0 Å². The quantitative estimate of drug-likeness (QED) is 0.0717. The van der Waals surface area contributed by atoms with Gasteiger partial charge in [0.15, 0.2) is 11.7 Å². The number of aliphatic imine (C=N–C) groups is 1. The van der Waals surface area contributed by atoms with Gasteiger partial charge in [-0.15, -0.1) is 0 Å². The molecule has 0 aromatic carbocycles. The number of carbonyl (C=O) groups excluding carboxylic acids is 4. The van der Waals surface area contributed by atoms with Crippen LogP contribution in [0.5, 0.6) is 0 Å². The van der Waals surface area contributed by atoms with E-state index in [0.29, 0.717) is 45.2 Å². The molecule has 3 amide bonds. The van der Waals surface area contributed by atoms with Crippen LogP contribution < -0.4 is 38.5 Å². The number of Topliss-reactive ketones (excluding diaryl/α,β-unsaturated/α-hetero) is 1. The van der Waals surface area contributed by atoms with Gasteiger partial charge in [-0.25, -0.2) is 0 Å². The topological polar surface area (TPSA) is 207 Å². The summed E-state index contributed by atoms with van der Waals surface area (Å²) in [5.41, 5.74) is 16.0. The zero-order chi connectivity index (χ0) is 24.5. The molecule has 0 saturated carbocycles. The molecule has 0 bridgehead atoms. The zero-order valence-corrected chi connectivity index (χ0v) is 19.4. The third-order valence-corrected chi connectivity index (χ3v) is 4.71. The number of nitrogens with one attached hydrogen (secondary N) is 4. The molecule has 0 fully saturated rings. The van der Waals surface area contributed by atoms with Crippen molar-refractivity contribution < 1.29 is 19.2 Å². The molecule has 0 aliphatic carbocycles. The predicted octanol–water partition coefficient (Wildman–Crippen LogP) is -2.30. The van der Waals surface area contributed by atoms with Gasteiger partial charge in [0.05, 0.1) is 19.1 Å². The van der Waals surface area contributed by atoms with E-state index in [1.54, 1.807) is 20.9 Å². The first-order valence-electron chi connectivity index (χ1n) is 10.9. The average molecular weight is 457 g/mol. The van der Waals surface area contributed by atoms with Gasteiger partial charge in [0.1, 0.15) is 6.04 Å². The van der Waals surface area contributed by atoms with E-state index >= 15 is 0 Å². The standard InChI is InChI=1S/C20H40N8O4/c1-13(2)16(29)11-26-19(32)15(7-4-5-9-21)28-17(30)12-27-18(31)14(24-3)8-6-10-25-20(22)23/h13-15,24H,4-12,21H2,1-3H3,(H,26,32)(H,27,31)(H,28,30)(H4,22,23,25).